The van der Waals surface area contributed by atoms with Gasteiger partial charge in [-0.2, -0.15) is 0 Å². The Morgan fingerprint density at radius 3 is 2.79 bits per heavy atom. The van der Waals surface area contributed by atoms with Crippen LogP contribution in [0.4, 0.5) is 0 Å². The summed E-state index contributed by atoms with van der Waals surface area (Å²) in [5.74, 6) is 1.72. The summed E-state index contributed by atoms with van der Waals surface area (Å²) < 4.78 is 0. The van der Waals surface area contributed by atoms with E-state index >= 15 is 0 Å². The van der Waals surface area contributed by atoms with Gasteiger partial charge in [0.25, 0.3) is 0 Å². The number of benzene rings is 1. The lowest BCUT2D eigenvalue weighted by molar-refractivity contribution is 0.182. The maximum absolute atomic E-state index is 3.55. The Bertz CT molecular complexity index is 468. The molecule has 0 spiro atoms. The summed E-state index contributed by atoms with van der Waals surface area (Å²) >= 11 is 0. The van der Waals surface area contributed by atoms with Crippen molar-refractivity contribution in [2.24, 2.45) is 11.8 Å². The highest BCUT2D eigenvalue weighted by Crippen LogP contribution is 2.38. The Hall–Kier alpha value is -0.860. The molecule has 0 radical (unpaired) electrons. The average Bonchev–Trinajstić information content (AvgIpc) is 2.95. The fraction of sp³-hybridized carbons (Fsp3) is 0.647. The maximum Gasteiger partial charge on any atom is 0.0325 e. The van der Waals surface area contributed by atoms with Gasteiger partial charge in [0.1, 0.15) is 0 Å². The molecule has 1 aromatic carbocycles. The van der Waals surface area contributed by atoms with Crippen LogP contribution >= 0.6 is 0 Å². The molecule has 2 heteroatoms. The number of hydrogen-bond donors (Lipinski definition) is 1. The SMILES string of the molecule is Cc1ccc(C)c(C(C)N2CC3CNCC3C2C)c1. The molecule has 1 aromatic rings. The van der Waals surface area contributed by atoms with E-state index in [1.807, 2.05) is 0 Å². The molecule has 1 N–H and O–H groups in total. The van der Waals surface area contributed by atoms with Crippen LogP contribution in [0.5, 0.6) is 0 Å². The summed E-state index contributed by atoms with van der Waals surface area (Å²) in [7, 11) is 0. The van der Waals surface area contributed by atoms with Gasteiger partial charge in [-0.25, -0.2) is 0 Å². The number of rotatable bonds is 2. The van der Waals surface area contributed by atoms with E-state index in [-0.39, 0.29) is 0 Å². The molecule has 19 heavy (non-hydrogen) atoms. The second kappa shape index (κ2) is 4.92. The molecule has 2 saturated heterocycles. The molecule has 4 unspecified atom stereocenters. The molecule has 0 amide bonds. The van der Waals surface area contributed by atoms with E-state index in [2.05, 4.69) is 56.1 Å². The number of aryl methyl sites for hydroxylation is 2. The molecule has 0 aliphatic carbocycles. The fourth-order valence-electron chi connectivity index (χ4n) is 4.10. The molecular weight excluding hydrogens is 232 g/mol. The van der Waals surface area contributed by atoms with Gasteiger partial charge in [-0.3, -0.25) is 4.90 Å². The van der Waals surface area contributed by atoms with Crippen LogP contribution in [0.1, 0.15) is 36.6 Å². The van der Waals surface area contributed by atoms with Crippen molar-refractivity contribution in [1.82, 2.24) is 10.2 Å². The third-order valence-corrected chi connectivity index (χ3v) is 5.36. The summed E-state index contributed by atoms with van der Waals surface area (Å²) in [4.78, 5) is 2.72. The van der Waals surface area contributed by atoms with Crippen molar-refractivity contribution in [1.29, 1.82) is 0 Å². The molecule has 104 valence electrons. The van der Waals surface area contributed by atoms with Crippen molar-refractivity contribution in [3.05, 3.63) is 34.9 Å². The average molecular weight is 258 g/mol. The fourth-order valence-corrected chi connectivity index (χ4v) is 4.10. The van der Waals surface area contributed by atoms with Gasteiger partial charge in [0, 0.05) is 18.6 Å². The zero-order valence-electron chi connectivity index (χ0n) is 12.6. The normalized spacial score (nSPS) is 32.5. The number of nitrogens with one attached hydrogen (secondary N) is 1. The van der Waals surface area contributed by atoms with Crippen LogP contribution in [-0.4, -0.2) is 30.6 Å². The van der Waals surface area contributed by atoms with E-state index in [0.29, 0.717) is 12.1 Å². The Morgan fingerprint density at radius 1 is 1.26 bits per heavy atom. The lowest BCUT2D eigenvalue weighted by Gasteiger charge is -2.32. The van der Waals surface area contributed by atoms with Gasteiger partial charge < -0.3 is 5.32 Å². The van der Waals surface area contributed by atoms with Crippen LogP contribution in [0.2, 0.25) is 0 Å². The second-order valence-corrected chi connectivity index (χ2v) is 6.56. The van der Waals surface area contributed by atoms with Crippen molar-refractivity contribution in [3.8, 4) is 0 Å². The van der Waals surface area contributed by atoms with E-state index < -0.39 is 0 Å². The van der Waals surface area contributed by atoms with Gasteiger partial charge in [-0.1, -0.05) is 23.8 Å². The molecule has 2 heterocycles. The third kappa shape index (κ3) is 2.21. The highest BCUT2D eigenvalue weighted by Gasteiger charge is 2.43. The van der Waals surface area contributed by atoms with Gasteiger partial charge in [0.2, 0.25) is 0 Å². The largest absolute Gasteiger partial charge is 0.316 e. The smallest absolute Gasteiger partial charge is 0.0325 e. The van der Waals surface area contributed by atoms with Crippen LogP contribution in [0, 0.1) is 25.7 Å². The Labute approximate surface area is 117 Å². The lowest BCUT2D eigenvalue weighted by Crippen LogP contribution is -2.35. The predicted octanol–water partition coefficient (Wildman–Crippen LogP) is 2.90. The molecule has 0 bridgehead atoms. The zero-order chi connectivity index (χ0) is 13.6. The molecule has 0 saturated carbocycles. The third-order valence-electron chi connectivity index (χ3n) is 5.36. The Kier molecular flexibility index (Phi) is 3.40. The topological polar surface area (TPSA) is 15.3 Å². The first kappa shape index (κ1) is 13.1. The highest BCUT2D eigenvalue weighted by molar-refractivity contribution is 5.33. The van der Waals surface area contributed by atoms with Gasteiger partial charge >= 0.3 is 0 Å². The number of hydrogen-bond acceptors (Lipinski definition) is 2. The molecular formula is C17H26N2. The molecule has 2 aliphatic heterocycles. The zero-order valence-corrected chi connectivity index (χ0v) is 12.6. The summed E-state index contributed by atoms with van der Waals surface area (Å²) in [5.41, 5.74) is 4.32. The lowest BCUT2D eigenvalue weighted by atomic mass is 9.95. The van der Waals surface area contributed by atoms with Crippen molar-refractivity contribution in [3.63, 3.8) is 0 Å². The van der Waals surface area contributed by atoms with Crippen LogP contribution in [0.3, 0.4) is 0 Å². The molecule has 4 atom stereocenters. The number of nitrogens with zero attached hydrogens (tertiary/aromatic N) is 1. The molecule has 2 fully saturated rings. The molecule has 3 rings (SSSR count). The van der Waals surface area contributed by atoms with E-state index in [1.165, 1.54) is 36.3 Å². The van der Waals surface area contributed by atoms with Crippen LogP contribution in [0.15, 0.2) is 18.2 Å². The maximum atomic E-state index is 3.55. The van der Waals surface area contributed by atoms with Crippen molar-refractivity contribution in [2.45, 2.75) is 39.8 Å². The van der Waals surface area contributed by atoms with E-state index in [4.69, 9.17) is 0 Å². The van der Waals surface area contributed by atoms with Gasteiger partial charge in [0.05, 0.1) is 0 Å². The minimum Gasteiger partial charge on any atom is -0.316 e. The standard InChI is InChI=1S/C17H26N2/c1-11-5-6-12(2)16(7-11)13(3)19-10-15-8-18-9-17(15)14(19)4/h5-7,13-15,17-18H,8-10H2,1-4H3. The van der Waals surface area contributed by atoms with Crippen molar-refractivity contribution >= 4 is 0 Å². The Balaban J connectivity index is 1.84. The van der Waals surface area contributed by atoms with Crippen LogP contribution < -0.4 is 5.32 Å². The van der Waals surface area contributed by atoms with Crippen LogP contribution in [-0.2, 0) is 0 Å². The predicted molar refractivity (Wildman–Crippen MR) is 80.3 cm³/mol. The van der Waals surface area contributed by atoms with E-state index in [0.717, 1.165) is 11.8 Å². The minimum absolute atomic E-state index is 0.542. The van der Waals surface area contributed by atoms with Crippen LogP contribution in [0.25, 0.3) is 0 Å². The number of fused-ring (bicyclic) bond motifs is 1. The molecule has 2 aliphatic rings. The summed E-state index contributed by atoms with van der Waals surface area (Å²) in [6.45, 7) is 12.9. The van der Waals surface area contributed by atoms with E-state index in [1.54, 1.807) is 0 Å². The summed E-state index contributed by atoms with van der Waals surface area (Å²) in [5, 5.41) is 3.55. The highest BCUT2D eigenvalue weighted by atomic mass is 15.2. The van der Waals surface area contributed by atoms with Crippen molar-refractivity contribution in [2.75, 3.05) is 19.6 Å². The van der Waals surface area contributed by atoms with Gasteiger partial charge in [-0.05, 0) is 63.7 Å². The van der Waals surface area contributed by atoms with Crippen molar-refractivity contribution < 1.29 is 0 Å². The number of likely N-dealkylation sites (tertiary alicyclic amines) is 1. The van der Waals surface area contributed by atoms with Gasteiger partial charge in [0.15, 0.2) is 0 Å². The summed E-state index contributed by atoms with van der Waals surface area (Å²) in [6, 6.07) is 8.11. The monoisotopic (exact) mass is 258 g/mol. The first-order valence-corrected chi connectivity index (χ1v) is 7.61. The minimum atomic E-state index is 0.542. The Morgan fingerprint density at radius 2 is 2.05 bits per heavy atom. The molecule has 2 nitrogen and oxygen atoms in total. The quantitative estimate of drug-likeness (QED) is 0.877. The van der Waals surface area contributed by atoms with E-state index in [9.17, 15) is 0 Å². The van der Waals surface area contributed by atoms with Gasteiger partial charge in [-0.15, -0.1) is 0 Å². The first-order chi connectivity index (χ1) is 9.08. The second-order valence-electron chi connectivity index (χ2n) is 6.56. The summed E-state index contributed by atoms with van der Waals surface area (Å²) in [6.07, 6.45) is 0. The first-order valence-electron chi connectivity index (χ1n) is 7.61. The molecule has 0 aromatic heterocycles.